The molecule has 2 rings (SSSR count). The zero-order valence-corrected chi connectivity index (χ0v) is 12.2. The molecule has 1 aliphatic rings. The smallest absolute Gasteiger partial charge is 0.316 e. The van der Waals surface area contributed by atoms with Gasteiger partial charge in [-0.2, -0.15) is 5.26 Å². The highest BCUT2D eigenvalue weighted by molar-refractivity contribution is 8.03. The van der Waals surface area contributed by atoms with Crippen LogP contribution in [0, 0.1) is 11.3 Å². The number of amides is 1. The number of furan rings is 1. The van der Waals surface area contributed by atoms with Crippen LogP contribution in [0.4, 0.5) is 0 Å². The number of esters is 1. The summed E-state index contributed by atoms with van der Waals surface area (Å²) in [7, 11) is 0. The maximum atomic E-state index is 11.8. The second-order valence-electron chi connectivity index (χ2n) is 4.27. The Balaban J connectivity index is 2.20. The number of hydrogen-bond acceptors (Lipinski definition) is 6. The van der Waals surface area contributed by atoms with Crippen LogP contribution in [-0.2, 0) is 14.3 Å². The molecule has 1 aromatic rings. The molecule has 6 nitrogen and oxygen atoms in total. The molecule has 0 saturated heterocycles. The molecule has 0 aromatic carbocycles. The van der Waals surface area contributed by atoms with Crippen LogP contribution in [-0.4, -0.2) is 24.2 Å². The molecule has 1 N–H and O–H groups in total. The van der Waals surface area contributed by atoms with Crippen LogP contribution in [0.25, 0.3) is 0 Å². The van der Waals surface area contributed by atoms with Gasteiger partial charge in [0.2, 0.25) is 5.91 Å². The first kappa shape index (κ1) is 15.2. The molecule has 0 fully saturated rings. The second kappa shape index (κ2) is 6.99. The van der Waals surface area contributed by atoms with Crippen LogP contribution in [0.2, 0.25) is 0 Å². The summed E-state index contributed by atoms with van der Waals surface area (Å²) in [5, 5.41) is 12.4. The molecule has 7 heteroatoms. The highest BCUT2D eigenvalue weighted by atomic mass is 32.2. The number of thioether (sulfide) groups is 1. The van der Waals surface area contributed by atoms with E-state index in [1.165, 1.54) is 6.26 Å². The number of nitrogens with one attached hydrogen (secondary N) is 1. The van der Waals surface area contributed by atoms with E-state index in [2.05, 4.69) is 11.4 Å². The van der Waals surface area contributed by atoms with Crippen LogP contribution < -0.4 is 5.32 Å². The summed E-state index contributed by atoms with van der Waals surface area (Å²) in [6, 6.07) is 5.54. The molecule has 1 aliphatic heterocycles. The van der Waals surface area contributed by atoms with Crippen molar-refractivity contribution in [2.75, 3.05) is 12.4 Å². The Morgan fingerprint density at radius 3 is 3.10 bits per heavy atom. The number of rotatable bonds is 5. The number of nitriles is 1. The lowest BCUT2D eigenvalue weighted by molar-refractivity contribution is -0.139. The van der Waals surface area contributed by atoms with Crippen molar-refractivity contribution < 1.29 is 18.7 Å². The zero-order valence-electron chi connectivity index (χ0n) is 11.4. The minimum atomic E-state index is -0.413. The van der Waals surface area contributed by atoms with E-state index in [1.54, 1.807) is 19.1 Å². The number of carbonyl (C=O) groups is 2. The van der Waals surface area contributed by atoms with Crippen LogP contribution in [0.15, 0.2) is 33.4 Å². The van der Waals surface area contributed by atoms with Crippen molar-refractivity contribution >= 4 is 23.6 Å². The molecular formula is C14H14N2O4S. The van der Waals surface area contributed by atoms with Crippen LogP contribution >= 0.6 is 11.8 Å². The molecule has 0 spiro atoms. The van der Waals surface area contributed by atoms with Gasteiger partial charge in [-0.3, -0.25) is 9.59 Å². The lowest BCUT2D eigenvalue weighted by Crippen LogP contribution is -2.31. The van der Waals surface area contributed by atoms with Crippen LogP contribution in [0.1, 0.15) is 25.0 Å². The van der Waals surface area contributed by atoms with E-state index in [9.17, 15) is 14.9 Å². The van der Waals surface area contributed by atoms with Gasteiger partial charge in [-0.05, 0) is 19.1 Å². The summed E-state index contributed by atoms with van der Waals surface area (Å²) in [6.07, 6.45) is 1.65. The molecule has 0 aliphatic carbocycles. The average molecular weight is 306 g/mol. The number of carbonyl (C=O) groups excluding carboxylic acids is 2. The molecule has 21 heavy (non-hydrogen) atoms. The van der Waals surface area contributed by atoms with Gasteiger partial charge < -0.3 is 14.5 Å². The molecule has 0 saturated carbocycles. The van der Waals surface area contributed by atoms with E-state index in [4.69, 9.17) is 9.15 Å². The molecular weight excluding hydrogens is 292 g/mol. The van der Waals surface area contributed by atoms with E-state index in [0.29, 0.717) is 23.0 Å². The lowest BCUT2D eigenvalue weighted by atomic mass is 9.92. The van der Waals surface area contributed by atoms with Gasteiger partial charge in [0.05, 0.1) is 41.2 Å². The molecule has 0 bridgehead atoms. The Bertz CT molecular complexity index is 601. The van der Waals surface area contributed by atoms with Gasteiger partial charge in [-0.25, -0.2) is 0 Å². The van der Waals surface area contributed by atoms with Crippen molar-refractivity contribution in [2.45, 2.75) is 19.3 Å². The summed E-state index contributed by atoms with van der Waals surface area (Å²) < 4.78 is 10.1. The van der Waals surface area contributed by atoms with Gasteiger partial charge in [-0.15, -0.1) is 0 Å². The van der Waals surface area contributed by atoms with E-state index in [-0.39, 0.29) is 24.1 Å². The topological polar surface area (TPSA) is 92.3 Å². The Hall–Kier alpha value is -2.20. The number of hydrogen-bond donors (Lipinski definition) is 1. The van der Waals surface area contributed by atoms with Crippen molar-refractivity contribution in [3.05, 3.63) is 34.8 Å². The third-order valence-electron chi connectivity index (χ3n) is 2.88. The standard InChI is InChI=1S/C14H14N2O4S/c1-2-19-13(18)8-21-14-10(7-15)9(6-12(17)16-14)11-4-3-5-20-11/h3-5,9H,2,6,8H2,1H3,(H,16,17)/t9-/m1/s1. The first-order chi connectivity index (χ1) is 10.2. The van der Waals surface area contributed by atoms with Gasteiger partial charge in [0.25, 0.3) is 0 Å². The Kier molecular flexibility index (Phi) is 5.06. The predicted octanol–water partition coefficient (Wildman–Crippen LogP) is 1.91. The lowest BCUT2D eigenvalue weighted by Gasteiger charge is -2.23. The second-order valence-corrected chi connectivity index (χ2v) is 5.25. The molecule has 1 aromatic heterocycles. The van der Waals surface area contributed by atoms with Crippen molar-refractivity contribution in [1.29, 1.82) is 5.26 Å². The highest BCUT2D eigenvalue weighted by Crippen LogP contribution is 2.35. The molecule has 0 radical (unpaired) electrons. The molecule has 0 unspecified atom stereocenters. The summed E-state index contributed by atoms with van der Waals surface area (Å²) in [5.41, 5.74) is 0.402. The summed E-state index contributed by atoms with van der Waals surface area (Å²) in [6.45, 7) is 2.02. The van der Waals surface area contributed by atoms with Gasteiger partial charge in [0.15, 0.2) is 0 Å². The molecule has 2 heterocycles. The highest BCUT2D eigenvalue weighted by Gasteiger charge is 2.31. The maximum absolute atomic E-state index is 11.8. The Morgan fingerprint density at radius 1 is 1.67 bits per heavy atom. The van der Waals surface area contributed by atoms with Crippen molar-refractivity contribution in [3.8, 4) is 6.07 Å². The normalized spacial score (nSPS) is 18.1. The van der Waals surface area contributed by atoms with Crippen LogP contribution in [0.3, 0.4) is 0 Å². The Labute approximate surface area is 126 Å². The molecule has 1 amide bonds. The summed E-state index contributed by atoms with van der Waals surface area (Å²) in [4.78, 5) is 23.2. The van der Waals surface area contributed by atoms with Crippen molar-refractivity contribution in [1.82, 2.24) is 5.32 Å². The van der Waals surface area contributed by atoms with Gasteiger partial charge in [-0.1, -0.05) is 11.8 Å². The van der Waals surface area contributed by atoms with Gasteiger partial charge in [0, 0.05) is 6.42 Å². The van der Waals surface area contributed by atoms with E-state index in [0.717, 1.165) is 11.8 Å². The van der Waals surface area contributed by atoms with E-state index < -0.39 is 5.92 Å². The summed E-state index contributed by atoms with van der Waals surface area (Å²) >= 11 is 1.09. The fourth-order valence-corrected chi connectivity index (χ4v) is 2.87. The first-order valence-corrected chi connectivity index (χ1v) is 7.40. The van der Waals surface area contributed by atoms with Gasteiger partial charge in [0.1, 0.15) is 5.76 Å². The quantitative estimate of drug-likeness (QED) is 0.835. The van der Waals surface area contributed by atoms with Crippen molar-refractivity contribution in [3.63, 3.8) is 0 Å². The SMILES string of the molecule is CCOC(=O)CSC1=C(C#N)[C@H](c2ccco2)CC(=O)N1. The third-order valence-corrected chi connectivity index (χ3v) is 3.87. The fraction of sp³-hybridized carbons (Fsp3) is 0.357. The first-order valence-electron chi connectivity index (χ1n) is 6.41. The maximum Gasteiger partial charge on any atom is 0.316 e. The number of allylic oxidation sites excluding steroid dienone is 1. The number of ether oxygens (including phenoxy) is 1. The molecule has 110 valence electrons. The minimum absolute atomic E-state index is 0.0412. The van der Waals surface area contributed by atoms with E-state index in [1.807, 2.05) is 0 Å². The predicted molar refractivity (Wildman–Crippen MR) is 75.9 cm³/mol. The number of nitrogens with zero attached hydrogens (tertiary/aromatic N) is 1. The fourth-order valence-electron chi connectivity index (χ4n) is 2.00. The molecule has 1 atom stereocenters. The largest absolute Gasteiger partial charge is 0.469 e. The zero-order chi connectivity index (χ0) is 15.2. The van der Waals surface area contributed by atoms with E-state index >= 15 is 0 Å². The van der Waals surface area contributed by atoms with Crippen LogP contribution in [0.5, 0.6) is 0 Å². The van der Waals surface area contributed by atoms with Crippen molar-refractivity contribution in [2.24, 2.45) is 0 Å². The summed E-state index contributed by atoms with van der Waals surface area (Å²) in [5.74, 6) is -0.401. The Morgan fingerprint density at radius 2 is 2.48 bits per heavy atom. The average Bonchev–Trinajstić information content (AvgIpc) is 2.99. The minimum Gasteiger partial charge on any atom is -0.469 e. The third kappa shape index (κ3) is 3.67. The monoisotopic (exact) mass is 306 g/mol. The van der Waals surface area contributed by atoms with Gasteiger partial charge >= 0.3 is 5.97 Å².